The maximum absolute atomic E-state index is 4.62. The Kier molecular flexibility index (Phi) is 3.20. The first kappa shape index (κ1) is 11.9. The molecule has 2 heterocycles. The summed E-state index contributed by atoms with van der Waals surface area (Å²) in [5.74, 6) is 0.934. The van der Waals surface area contributed by atoms with Gasteiger partial charge in [0.2, 0.25) is 5.95 Å². The summed E-state index contributed by atoms with van der Waals surface area (Å²) in [5, 5.41) is 3.57. The van der Waals surface area contributed by atoms with E-state index in [1.807, 2.05) is 6.07 Å². The molecule has 4 nitrogen and oxygen atoms in total. The van der Waals surface area contributed by atoms with Gasteiger partial charge in [0.1, 0.15) is 0 Å². The van der Waals surface area contributed by atoms with E-state index in [0.717, 1.165) is 30.4 Å². The van der Waals surface area contributed by atoms with Gasteiger partial charge in [-0.05, 0) is 52.1 Å². The second kappa shape index (κ2) is 4.84. The van der Waals surface area contributed by atoms with Crippen molar-refractivity contribution in [3.63, 3.8) is 0 Å². The molecule has 3 rings (SSSR count). The van der Waals surface area contributed by atoms with Crippen LogP contribution in [0.3, 0.4) is 0 Å². The van der Waals surface area contributed by atoms with Gasteiger partial charge >= 0.3 is 0 Å². The van der Waals surface area contributed by atoms with Crippen LogP contribution in [0.2, 0.25) is 0 Å². The van der Waals surface area contributed by atoms with Gasteiger partial charge in [-0.15, -0.1) is 0 Å². The van der Waals surface area contributed by atoms with Gasteiger partial charge < -0.3 is 10.2 Å². The molecule has 0 bridgehead atoms. The van der Waals surface area contributed by atoms with Crippen LogP contribution in [0.15, 0.2) is 6.07 Å². The summed E-state index contributed by atoms with van der Waals surface area (Å²) in [4.78, 5) is 11.7. The molecule has 1 aliphatic heterocycles. The van der Waals surface area contributed by atoms with Crippen LogP contribution in [0.25, 0.3) is 0 Å². The third-order valence-electron chi connectivity index (χ3n) is 3.79. The molecule has 0 radical (unpaired) electrons. The Bertz CT molecular complexity index is 402. The van der Waals surface area contributed by atoms with Gasteiger partial charge in [-0.3, -0.25) is 0 Å². The minimum absolute atomic E-state index is 0.620. The van der Waals surface area contributed by atoms with Gasteiger partial charge in [0.25, 0.3) is 0 Å². The highest BCUT2D eigenvalue weighted by Crippen LogP contribution is 2.30. The van der Waals surface area contributed by atoms with E-state index >= 15 is 0 Å². The zero-order chi connectivity index (χ0) is 12.5. The number of hydrogen-bond donors (Lipinski definition) is 1. The third kappa shape index (κ3) is 2.64. The summed E-state index contributed by atoms with van der Waals surface area (Å²) in [6.45, 7) is 6.33. The van der Waals surface area contributed by atoms with Crippen LogP contribution in [0.5, 0.6) is 0 Å². The van der Waals surface area contributed by atoms with E-state index in [1.165, 1.54) is 25.7 Å². The summed E-state index contributed by atoms with van der Waals surface area (Å²) >= 11 is 0. The summed E-state index contributed by atoms with van der Waals surface area (Å²) < 4.78 is 0. The second-order valence-electron chi connectivity index (χ2n) is 5.63. The Morgan fingerprint density at radius 2 is 1.94 bits per heavy atom. The van der Waals surface area contributed by atoms with E-state index < -0.39 is 0 Å². The van der Waals surface area contributed by atoms with Crippen molar-refractivity contribution < 1.29 is 0 Å². The highest BCUT2D eigenvalue weighted by Gasteiger charge is 2.33. The minimum Gasteiger partial charge on any atom is -0.336 e. The quantitative estimate of drug-likeness (QED) is 0.880. The lowest BCUT2D eigenvalue weighted by Crippen LogP contribution is -2.40. The van der Waals surface area contributed by atoms with Crippen LogP contribution < -0.4 is 10.2 Å². The van der Waals surface area contributed by atoms with Crippen molar-refractivity contribution >= 4 is 5.95 Å². The van der Waals surface area contributed by atoms with E-state index in [9.17, 15) is 0 Å². The highest BCUT2D eigenvalue weighted by atomic mass is 15.3. The lowest BCUT2D eigenvalue weighted by Gasteiger charge is -2.26. The van der Waals surface area contributed by atoms with Crippen LogP contribution in [0.4, 0.5) is 5.95 Å². The van der Waals surface area contributed by atoms with Crippen LogP contribution in [0, 0.1) is 13.8 Å². The smallest absolute Gasteiger partial charge is 0.226 e. The molecule has 1 aromatic heterocycles. The van der Waals surface area contributed by atoms with E-state index in [4.69, 9.17) is 0 Å². The Morgan fingerprint density at radius 3 is 2.50 bits per heavy atom. The molecule has 98 valence electrons. The van der Waals surface area contributed by atoms with E-state index in [2.05, 4.69) is 34.0 Å². The number of aromatic nitrogens is 2. The van der Waals surface area contributed by atoms with Crippen LogP contribution in [-0.4, -0.2) is 35.1 Å². The Balaban J connectivity index is 1.79. The molecule has 1 N–H and O–H groups in total. The molecule has 1 aromatic rings. The molecule has 1 saturated heterocycles. The normalized spacial score (nSPS) is 23.3. The third-order valence-corrected chi connectivity index (χ3v) is 3.79. The molecule has 1 atom stereocenters. The van der Waals surface area contributed by atoms with Crippen LogP contribution in [0.1, 0.15) is 37.1 Å². The fourth-order valence-corrected chi connectivity index (χ4v) is 2.77. The van der Waals surface area contributed by atoms with E-state index in [-0.39, 0.29) is 0 Å². The Morgan fingerprint density at radius 1 is 1.22 bits per heavy atom. The van der Waals surface area contributed by atoms with Gasteiger partial charge in [0.05, 0.1) is 0 Å². The van der Waals surface area contributed by atoms with Crippen molar-refractivity contribution in [2.75, 3.05) is 18.0 Å². The molecule has 1 saturated carbocycles. The fourth-order valence-electron chi connectivity index (χ4n) is 2.77. The van der Waals surface area contributed by atoms with Crippen molar-refractivity contribution in [3.05, 3.63) is 17.5 Å². The highest BCUT2D eigenvalue weighted by molar-refractivity contribution is 5.36. The zero-order valence-electron chi connectivity index (χ0n) is 11.3. The zero-order valence-corrected chi connectivity index (χ0v) is 11.3. The number of rotatable bonds is 4. The predicted octanol–water partition coefficient (Wildman–Crippen LogP) is 1.81. The van der Waals surface area contributed by atoms with Gasteiger partial charge in [-0.25, -0.2) is 9.97 Å². The predicted molar refractivity (Wildman–Crippen MR) is 72.9 cm³/mol. The number of anilines is 1. The molecule has 2 aliphatic rings. The minimum atomic E-state index is 0.620. The maximum atomic E-state index is 4.62. The molecule has 0 amide bonds. The first-order valence-electron chi connectivity index (χ1n) is 7.05. The first-order chi connectivity index (χ1) is 8.72. The topological polar surface area (TPSA) is 41.1 Å². The second-order valence-corrected chi connectivity index (χ2v) is 5.63. The van der Waals surface area contributed by atoms with E-state index in [1.54, 1.807) is 0 Å². The van der Waals surface area contributed by atoms with Crippen molar-refractivity contribution in [1.29, 1.82) is 0 Å². The summed E-state index contributed by atoms with van der Waals surface area (Å²) in [6.07, 6.45) is 5.18. The average Bonchev–Trinajstić information content (AvgIpc) is 3.02. The number of hydrogen-bond acceptors (Lipinski definition) is 4. The lowest BCUT2D eigenvalue weighted by atomic mass is 10.2. The van der Waals surface area contributed by atoms with E-state index in [0.29, 0.717) is 12.1 Å². The molecule has 0 spiro atoms. The number of nitrogens with zero attached hydrogens (tertiary/aromatic N) is 3. The van der Waals surface area contributed by atoms with Crippen molar-refractivity contribution in [2.24, 2.45) is 0 Å². The summed E-state index contributed by atoms with van der Waals surface area (Å²) in [6, 6.07) is 3.34. The van der Waals surface area contributed by atoms with Crippen molar-refractivity contribution in [2.45, 2.75) is 51.6 Å². The Hall–Kier alpha value is -1.16. The van der Waals surface area contributed by atoms with Crippen molar-refractivity contribution in [1.82, 2.24) is 15.3 Å². The molecule has 18 heavy (non-hydrogen) atoms. The van der Waals surface area contributed by atoms with Gasteiger partial charge in [0.15, 0.2) is 0 Å². The molecular weight excluding hydrogens is 224 g/mol. The maximum Gasteiger partial charge on any atom is 0.226 e. The molecule has 0 aromatic carbocycles. The molecule has 1 aliphatic carbocycles. The SMILES string of the molecule is Cc1cc(C)nc(N(CC2CCCN2)C2CC2)n1. The molecular formula is C14H22N4. The van der Waals surface area contributed by atoms with Gasteiger partial charge in [-0.2, -0.15) is 0 Å². The average molecular weight is 246 g/mol. The first-order valence-corrected chi connectivity index (χ1v) is 7.05. The van der Waals surface area contributed by atoms with Crippen molar-refractivity contribution in [3.8, 4) is 0 Å². The number of nitrogens with one attached hydrogen (secondary N) is 1. The molecule has 1 unspecified atom stereocenters. The fraction of sp³-hybridized carbons (Fsp3) is 0.714. The van der Waals surface area contributed by atoms with Crippen LogP contribution >= 0.6 is 0 Å². The largest absolute Gasteiger partial charge is 0.336 e. The molecule has 2 fully saturated rings. The van der Waals surface area contributed by atoms with Crippen LogP contribution in [-0.2, 0) is 0 Å². The molecule has 4 heteroatoms. The van der Waals surface area contributed by atoms with Gasteiger partial charge in [0, 0.05) is 30.0 Å². The standard InChI is InChI=1S/C14H22N4/c1-10-8-11(2)17-14(16-10)18(13-5-6-13)9-12-4-3-7-15-12/h8,12-13,15H,3-7,9H2,1-2H3. The monoisotopic (exact) mass is 246 g/mol. The Labute approximate surface area is 109 Å². The van der Waals surface area contributed by atoms with Gasteiger partial charge in [-0.1, -0.05) is 0 Å². The summed E-state index contributed by atoms with van der Waals surface area (Å²) in [7, 11) is 0. The summed E-state index contributed by atoms with van der Waals surface area (Å²) in [5.41, 5.74) is 2.14. The number of aryl methyl sites for hydroxylation is 2. The lowest BCUT2D eigenvalue weighted by molar-refractivity contribution is 0.571.